The molecule has 0 amide bonds. The van der Waals surface area contributed by atoms with E-state index in [-0.39, 0.29) is 5.41 Å². The number of rotatable bonds is 4. The van der Waals surface area contributed by atoms with Gasteiger partial charge in [-0.3, -0.25) is 0 Å². The molecule has 0 bridgehead atoms. The average molecular weight is 286 g/mol. The summed E-state index contributed by atoms with van der Waals surface area (Å²) in [7, 11) is 1.75. The second kappa shape index (κ2) is 5.93. The van der Waals surface area contributed by atoms with Gasteiger partial charge in [0.1, 0.15) is 0 Å². The van der Waals surface area contributed by atoms with Gasteiger partial charge in [0.05, 0.1) is 13.2 Å². The maximum atomic E-state index is 10.9. The lowest BCUT2D eigenvalue weighted by atomic mass is 9.65. The van der Waals surface area contributed by atoms with Gasteiger partial charge < -0.3 is 5.11 Å². The van der Waals surface area contributed by atoms with Gasteiger partial charge in [0, 0.05) is 11.8 Å². The van der Waals surface area contributed by atoms with Crippen LogP contribution in [-0.4, -0.2) is 31.4 Å². The molecule has 0 saturated heterocycles. The number of aryl methyl sites for hydroxylation is 1. The van der Waals surface area contributed by atoms with Gasteiger partial charge in [0.25, 0.3) is 0 Å². The van der Waals surface area contributed by atoms with E-state index in [0.717, 1.165) is 12.8 Å². The van der Waals surface area contributed by atoms with Crippen LogP contribution in [0.15, 0.2) is 30.3 Å². The van der Waals surface area contributed by atoms with E-state index >= 15 is 0 Å². The van der Waals surface area contributed by atoms with Crippen LogP contribution >= 0.6 is 0 Å². The van der Waals surface area contributed by atoms with Crippen molar-refractivity contribution in [3.8, 4) is 0 Å². The van der Waals surface area contributed by atoms with E-state index < -0.39 is 6.10 Å². The van der Waals surface area contributed by atoms with E-state index in [0.29, 0.717) is 12.2 Å². The van der Waals surface area contributed by atoms with Crippen molar-refractivity contribution < 1.29 is 5.11 Å². The van der Waals surface area contributed by atoms with Gasteiger partial charge in [0.2, 0.25) is 0 Å². The van der Waals surface area contributed by atoms with Crippen molar-refractivity contribution in [2.75, 3.05) is 0 Å². The molecule has 0 spiro atoms. The van der Waals surface area contributed by atoms with E-state index in [2.05, 4.69) is 39.7 Å². The molecule has 5 heteroatoms. The number of aliphatic hydroxyl groups excluding tert-OH is 1. The molecule has 112 valence electrons. The molecule has 5 nitrogen and oxygen atoms in total. The Labute approximate surface area is 125 Å². The Hall–Kier alpha value is -1.75. The lowest BCUT2D eigenvalue weighted by Gasteiger charge is -2.41. The Balaban J connectivity index is 1.88. The van der Waals surface area contributed by atoms with Crippen LogP contribution in [0.2, 0.25) is 0 Å². The number of hydrogen-bond acceptors (Lipinski definition) is 4. The number of tetrazole rings is 1. The topological polar surface area (TPSA) is 63.8 Å². The standard InChI is InChI=1S/C16H22N4O/c1-20-18-15(17-19-20)12-14(21)16(10-6-3-7-11-16)13-8-4-2-5-9-13/h2,4-5,8-9,14,21H,3,6-7,10-12H2,1H3. The minimum atomic E-state index is -0.468. The maximum absolute atomic E-state index is 10.9. The molecule has 1 aromatic carbocycles. The van der Waals surface area contributed by atoms with E-state index in [1.54, 1.807) is 7.05 Å². The van der Waals surface area contributed by atoms with Gasteiger partial charge in [-0.1, -0.05) is 49.6 Å². The summed E-state index contributed by atoms with van der Waals surface area (Å²) in [6, 6.07) is 10.4. The summed E-state index contributed by atoms with van der Waals surface area (Å²) < 4.78 is 0. The number of benzene rings is 1. The number of hydrogen-bond donors (Lipinski definition) is 1. The summed E-state index contributed by atoms with van der Waals surface area (Å²) in [5, 5.41) is 23.0. The molecule has 0 aliphatic heterocycles. The van der Waals surface area contributed by atoms with Gasteiger partial charge in [-0.2, -0.15) is 4.80 Å². The first-order valence-electron chi connectivity index (χ1n) is 7.67. The molecule has 1 fully saturated rings. The molecule has 1 atom stereocenters. The lowest BCUT2D eigenvalue weighted by Crippen LogP contribution is -2.42. The van der Waals surface area contributed by atoms with Gasteiger partial charge >= 0.3 is 0 Å². The summed E-state index contributed by atoms with van der Waals surface area (Å²) in [5.41, 5.74) is 1.07. The Morgan fingerprint density at radius 3 is 2.52 bits per heavy atom. The first-order chi connectivity index (χ1) is 10.2. The average Bonchev–Trinajstić information content (AvgIpc) is 2.94. The molecule has 2 aromatic rings. The highest BCUT2D eigenvalue weighted by Crippen LogP contribution is 2.42. The highest BCUT2D eigenvalue weighted by molar-refractivity contribution is 5.28. The van der Waals surface area contributed by atoms with Crippen molar-refractivity contribution in [2.45, 2.75) is 50.0 Å². The molecule has 21 heavy (non-hydrogen) atoms. The van der Waals surface area contributed by atoms with Crippen LogP contribution in [0.1, 0.15) is 43.5 Å². The Morgan fingerprint density at radius 1 is 1.19 bits per heavy atom. The minimum absolute atomic E-state index is 0.168. The second-order valence-corrected chi connectivity index (χ2v) is 6.00. The molecule has 1 heterocycles. The molecule has 1 N–H and O–H groups in total. The molecule has 3 rings (SSSR count). The Morgan fingerprint density at radius 2 is 1.90 bits per heavy atom. The van der Waals surface area contributed by atoms with E-state index in [4.69, 9.17) is 0 Å². The maximum Gasteiger partial charge on any atom is 0.177 e. The molecule has 1 aliphatic carbocycles. The van der Waals surface area contributed by atoms with Gasteiger partial charge in [-0.15, -0.1) is 10.2 Å². The van der Waals surface area contributed by atoms with Gasteiger partial charge in [-0.05, 0) is 23.6 Å². The second-order valence-electron chi connectivity index (χ2n) is 6.00. The van der Waals surface area contributed by atoms with Crippen molar-refractivity contribution >= 4 is 0 Å². The largest absolute Gasteiger partial charge is 0.392 e. The van der Waals surface area contributed by atoms with Gasteiger partial charge in [-0.25, -0.2) is 0 Å². The highest BCUT2D eigenvalue weighted by Gasteiger charge is 2.40. The SMILES string of the molecule is Cn1nnc(CC(O)C2(c3ccccc3)CCCCC2)n1. The smallest absolute Gasteiger partial charge is 0.177 e. The summed E-state index contributed by atoms with van der Waals surface area (Å²) in [4.78, 5) is 1.44. The third-order valence-electron chi connectivity index (χ3n) is 4.66. The van der Waals surface area contributed by atoms with E-state index in [9.17, 15) is 5.11 Å². The van der Waals surface area contributed by atoms with Crippen LogP contribution in [-0.2, 0) is 18.9 Å². The highest BCUT2D eigenvalue weighted by atomic mass is 16.3. The molecular formula is C16H22N4O. The van der Waals surface area contributed by atoms with E-state index in [1.807, 2.05) is 6.07 Å². The predicted octanol–water partition coefficient (Wildman–Crippen LogP) is 2.02. The Kier molecular flexibility index (Phi) is 4.01. The molecule has 1 saturated carbocycles. The van der Waals surface area contributed by atoms with Crippen molar-refractivity contribution in [1.82, 2.24) is 20.2 Å². The third-order valence-corrected chi connectivity index (χ3v) is 4.66. The Bertz CT molecular complexity index is 575. The van der Waals surface area contributed by atoms with Crippen LogP contribution in [0.25, 0.3) is 0 Å². The van der Waals surface area contributed by atoms with Crippen LogP contribution in [0.3, 0.4) is 0 Å². The van der Waals surface area contributed by atoms with E-state index in [1.165, 1.54) is 29.6 Å². The quantitative estimate of drug-likeness (QED) is 0.934. The summed E-state index contributed by atoms with van der Waals surface area (Å²) in [6.07, 6.45) is 5.63. The predicted molar refractivity (Wildman–Crippen MR) is 79.7 cm³/mol. The monoisotopic (exact) mass is 286 g/mol. The van der Waals surface area contributed by atoms with Crippen molar-refractivity contribution in [2.24, 2.45) is 7.05 Å². The fourth-order valence-electron chi connectivity index (χ4n) is 3.54. The molecular weight excluding hydrogens is 264 g/mol. The lowest BCUT2D eigenvalue weighted by molar-refractivity contribution is 0.0524. The van der Waals surface area contributed by atoms with Crippen molar-refractivity contribution in [3.63, 3.8) is 0 Å². The zero-order chi connectivity index (χ0) is 14.7. The first kappa shape index (κ1) is 14.2. The fraction of sp³-hybridized carbons (Fsp3) is 0.562. The van der Waals surface area contributed by atoms with Crippen molar-refractivity contribution in [3.05, 3.63) is 41.7 Å². The van der Waals surface area contributed by atoms with Crippen LogP contribution in [0.4, 0.5) is 0 Å². The molecule has 1 aromatic heterocycles. The molecule has 0 radical (unpaired) electrons. The summed E-state index contributed by atoms with van der Waals surface area (Å²) in [6.45, 7) is 0. The van der Waals surface area contributed by atoms with Crippen molar-refractivity contribution in [1.29, 1.82) is 0 Å². The number of nitrogens with zero attached hydrogens (tertiary/aromatic N) is 4. The third kappa shape index (κ3) is 2.83. The zero-order valence-corrected chi connectivity index (χ0v) is 12.4. The number of aromatic nitrogens is 4. The number of aliphatic hydroxyl groups is 1. The summed E-state index contributed by atoms with van der Waals surface area (Å²) in [5.74, 6) is 0.617. The summed E-state index contributed by atoms with van der Waals surface area (Å²) >= 11 is 0. The fourth-order valence-corrected chi connectivity index (χ4v) is 3.54. The van der Waals surface area contributed by atoms with Crippen LogP contribution in [0.5, 0.6) is 0 Å². The van der Waals surface area contributed by atoms with Crippen LogP contribution in [0, 0.1) is 0 Å². The first-order valence-corrected chi connectivity index (χ1v) is 7.67. The van der Waals surface area contributed by atoms with Gasteiger partial charge in [0.15, 0.2) is 5.82 Å². The minimum Gasteiger partial charge on any atom is -0.392 e. The zero-order valence-electron chi connectivity index (χ0n) is 12.4. The normalized spacial score (nSPS) is 19.3. The molecule has 1 unspecified atom stereocenters. The molecule has 1 aliphatic rings. The van der Waals surface area contributed by atoms with Crippen LogP contribution < -0.4 is 0 Å².